The molecule has 0 aliphatic rings. The highest BCUT2D eigenvalue weighted by Crippen LogP contribution is 2.14. The van der Waals surface area contributed by atoms with Gasteiger partial charge in [-0.3, -0.25) is 9.59 Å². The number of nitrogens with zero attached hydrogens (tertiary/aromatic N) is 1. The molecule has 54 heavy (non-hydrogen) atoms. The molecule has 0 radical (unpaired) electrons. The SMILES string of the molecule is CC/C=C/C/C=C/C/C=C/CCCCCCCCCCCCCC(=O)OCC(COCCC(C(=O)O)[N+](C)(C)C)OC(=O)CCC/C=C/CCCCCC. The largest absolute Gasteiger partial charge is 0.477 e. The van der Waals surface area contributed by atoms with Gasteiger partial charge in [-0.15, -0.1) is 0 Å². The van der Waals surface area contributed by atoms with E-state index in [1.54, 1.807) is 0 Å². The number of quaternary nitrogens is 1. The van der Waals surface area contributed by atoms with Crippen LogP contribution in [0.15, 0.2) is 48.6 Å². The molecule has 0 fully saturated rings. The fourth-order valence-corrected chi connectivity index (χ4v) is 6.11. The van der Waals surface area contributed by atoms with Crippen molar-refractivity contribution in [2.24, 2.45) is 0 Å². The Morgan fingerprint density at radius 3 is 1.61 bits per heavy atom. The summed E-state index contributed by atoms with van der Waals surface area (Å²) in [5, 5.41) is 9.59. The van der Waals surface area contributed by atoms with E-state index in [4.69, 9.17) is 14.2 Å². The molecule has 0 aromatic heterocycles. The summed E-state index contributed by atoms with van der Waals surface area (Å²) in [6.07, 6.45) is 43.1. The summed E-state index contributed by atoms with van der Waals surface area (Å²) in [6, 6.07) is -0.618. The molecule has 0 aliphatic heterocycles. The number of likely N-dealkylation sites (N-methyl/N-ethyl adjacent to an activating group) is 1. The lowest BCUT2D eigenvalue weighted by Gasteiger charge is -2.31. The zero-order valence-corrected chi connectivity index (χ0v) is 35.4. The van der Waals surface area contributed by atoms with Crippen LogP contribution >= 0.6 is 0 Å². The van der Waals surface area contributed by atoms with Gasteiger partial charge < -0.3 is 23.8 Å². The number of aliphatic carboxylic acids is 1. The molecule has 1 N–H and O–H groups in total. The minimum atomic E-state index is -0.881. The number of rotatable bonds is 38. The van der Waals surface area contributed by atoms with Gasteiger partial charge >= 0.3 is 17.9 Å². The Balaban J connectivity index is 4.23. The van der Waals surface area contributed by atoms with E-state index in [2.05, 4.69) is 62.5 Å². The monoisotopic (exact) mass is 761 g/mol. The molecular weight excluding hydrogens is 679 g/mol. The molecule has 0 saturated heterocycles. The Bertz CT molecular complexity index is 1030. The smallest absolute Gasteiger partial charge is 0.362 e. The molecule has 0 rings (SSSR count). The van der Waals surface area contributed by atoms with Gasteiger partial charge in [0, 0.05) is 19.3 Å². The van der Waals surface area contributed by atoms with E-state index in [0.29, 0.717) is 19.3 Å². The highest BCUT2D eigenvalue weighted by atomic mass is 16.6. The van der Waals surface area contributed by atoms with Crippen molar-refractivity contribution in [1.29, 1.82) is 0 Å². The molecule has 0 amide bonds. The number of carbonyl (C=O) groups is 3. The van der Waals surface area contributed by atoms with Crippen molar-refractivity contribution in [1.82, 2.24) is 0 Å². The number of esters is 2. The summed E-state index contributed by atoms with van der Waals surface area (Å²) >= 11 is 0. The first-order valence-corrected chi connectivity index (χ1v) is 21.7. The van der Waals surface area contributed by atoms with Crippen molar-refractivity contribution in [3.8, 4) is 0 Å². The van der Waals surface area contributed by atoms with Crippen molar-refractivity contribution in [2.45, 2.75) is 187 Å². The zero-order chi connectivity index (χ0) is 40.0. The number of carboxylic acids is 1. The van der Waals surface area contributed by atoms with Crippen LogP contribution in [0.1, 0.15) is 174 Å². The second-order valence-corrected chi connectivity index (χ2v) is 15.6. The maximum Gasteiger partial charge on any atom is 0.362 e. The molecule has 0 aromatic carbocycles. The van der Waals surface area contributed by atoms with Crippen LogP contribution in [-0.4, -0.2) is 80.6 Å². The second-order valence-electron chi connectivity index (χ2n) is 15.6. The number of allylic oxidation sites excluding steroid dienone is 8. The van der Waals surface area contributed by atoms with Crippen LogP contribution in [0, 0.1) is 0 Å². The topological polar surface area (TPSA) is 99.1 Å². The maximum atomic E-state index is 12.6. The highest BCUT2D eigenvalue weighted by Gasteiger charge is 2.31. The number of carbonyl (C=O) groups excluding carboxylic acids is 2. The molecule has 8 heteroatoms. The Kier molecular flexibility index (Phi) is 35.4. The molecule has 2 atom stereocenters. The third-order valence-corrected chi connectivity index (χ3v) is 9.46. The average Bonchev–Trinajstić information content (AvgIpc) is 3.12. The van der Waals surface area contributed by atoms with Crippen molar-refractivity contribution in [2.75, 3.05) is 41.0 Å². The van der Waals surface area contributed by atoms with E-state index in [9.17, 15) is 19.5 Å². The van der Waals surface area contributed by atoms with Crippen LogP contribution < -0.4 is 0 Å². The van der Waals surface area contributed by atoms with Gasteiger partial charge in [-0.1, -0.05) is 140 Å². The van der Waals surface area contributed by atoms with Crippen molar-refractivity contribution in [3.63, 3.8) is 0 Å². The lowest BCUT2D eigenvalue weighted by molar-refractivity contribution is -0.887. The first-order chi connectivity index (χ1) is 26.1. The third kappa shape index (κ3) is 35.0. The summed E-state index contributed by atoms with van der Waals surface area (Å²) in [5.74, 6) is -1.52. The van der Waals surface area contributed by atoms with E-state index in [1.807, 2.05) is 21.1 Å². The van der Waals surface area contributed by atoms with E-state index < -0.39 is 18.1 Å². The summed E-state index contributed by atoms with van der Waals surface area (Å²) in [6.45, 7) is 4.55. The van der Waals surface area contributed by atoms with Crippen molar-refractivity contribution < 1.29 is 38.2 Å². The average molecular weight is 761 g/mol. The lowest BCUT2D eigenvalue weighted by atomic mass is 10.0. The van der Waals surface area contributed by atoms with E-state index in [0.717, 1.165) is 51.4 Å². The number of carboxylic acid groups (broad SMARTS) is 1. The Morgan fingerprint density at radius 1 is 0.574 bits per heavy atom. The fourth-order valence-electron chi connectivity index (χ4n) is 6.11. The van der Waals surface area contributed by atoms with Gasteiger partial charge in [-0.05, 0) is 64.2 Å². The van der Waals surface area contributed by atoms with E-state index in [1.165, 1.54) is 83.5 Å². The summed E-state index contributed by atoms with van der Waals surface area (Å²) in [4.78, 5) is 36.8. The molecule has 0 spiro atoms. The number of hydrogen-bond acceptors (Lipinski definition) is 6. The first-order valence-electron chi connectivity index (χ1n) is 21.7. The van der Waals surface area contributed by atoms with Crippen molar-refractivity contribution >= 4 is 17.9 Å². The molecule has 0 heterocycles. The van der Waals surface area contributed by atoms with Crippen LogP contribution in [0.5, 0.6) is 0 Å². The Labute approximate surface area is 331 Å². The van der Waals surface area contributed by atoms with E-state index >= 15 is 0 Å². The van der Waals surface area contributed by atoms with Crippen LogP contribution in [0.25, 0.3) is 0 Å². The predicted molar refractivity (Wildman–Crippen MR) is 224 cm³/mol. The number of unbranched alkanes of at least 4 members (excludes halogenated alkanes) is 16. The maximum absolute atomic E-state index is 12.6. The molecule has 0 aliphatic carbocycles. The Hall–Kier alpha value is -2.71. The van der Waals surface area contributed by atoms with Gasteiger partial charge in [0.2, 0.25) is 0 Å². The summed E-state index contributed by atoms with van der Waals surface area (Å²) in [5.41, 5.74) is 0. The minimum absolute atomic E-state index is 0.0489. The lowest BCUT2D eigenvalue weighted by Crippen LogP contribution is -2.50. The second kappa shape index (κ2) is 37.2. The van der Waals surface area contributed by atoms with Gasteiger partial charge in [0.1, 0.15) is 6.61 Å². The first kappa shape index (κ1) is 51.3. The normalized spacial score (nSPS) is 13.4. The molecular formula is C46H82NO7+. The third-order valence-electron chi connectivity index (χ3n) is 9.46. The minimum Gasteiger partial charge on any atom is -0.477 e. The van der Waals surface area contributed by atoms with Gasteiger partial charge in [-0.2, -0.15) is 0 Å². The summed E-state index contributed by atoms with van der Waals surface area (Å²) < 4.78 is 17.2. The quantitative estimate of drug-likeness (QED) is 0.0289. The number of hydrogen-bond donors (Lipinski definition) is 1. The van der Waals surface area contributed by atoms with Gasteiger partial charge in [0.05, 0.1) is 34.4 Å². The Morgan fingerprint density at radius 2 is 1.06 bits per heavy atom. The van der Waals surface area contributed by atoms with Crippen molar-refractivity contribution in [3.05, 3.63) is 48.6 Å². The predicted octanol–water partition coefficient (Wildman–Crippen LogP) is 11.6. The van der Waals surface area contributed by atoms with E-state index in [-0.39, 0.29) is 42.7 Å². The van der Waals surface area contributed by atoms with Crippen LogP contribution in [0.4, 0.5) is 0 Å². The van der Waals surface area contributed by atoms with Gasteiger partial charge in [-0.25, -0.2) is 4.79 Å². The standard InChI is InChI=1S/C46H81NO7/c1-6-8-10-12-14-16-17-18-19-20-21-22-23-24-25-26-27-29-30-32-34-36-44(48)53-41-42(40-52-39-38-43(46(50)51)47(3,4)5)54-45(49)37-35-33-31-28-15-13-11-9-7-2/h8,10,14,16,18-19,28,31,42-43H,6-7,9,11-13,15,17,20-27,29-30,32-41H2,1-5H3/p+1/b10-8+,16-14+,19-18+,31-28+. The summed E-state index contributed by atoms with van der Waals surface area (Å²) in [7, 11) is 5.51. The molecule has 312 valence electrons. The van der Waals surface area contributed by atoms with Crippen LogP contribution in [0.2, 0.25) is 0 Å². The van der Waals surface area contributed by atoms with Crippen LogP contribution in [-0.2, 0) is 28.6 Å². The van der Waals surface area contributed by atoms with Gasteiger partial charge in [0.25, 0.3) is 0 Å². The molecule has 2 unspecified atom stereocenters. The fraction of sp³-hybridized carbons (Fsp3) is 0.761. The highest BCUT2D eigenvalue weighted by molar-refractivity contribution is 5.72. The number of ether oxygens (including phenoxy) is 3. The molecule has 0 aromatic rings. The molecule has 0 bridgehead atoms. The molecule has 0 saturated carbocycles. The zero-order valence-electron chi connectivity index (χ0n) is 35.4. The van der Waals surface area contributed by atoms with Gasteiger partial charge in [0.15, 0.2) is 12.1 Å². The molecule has 8 nitrogen and oxygen atoms in total. The van der Waals surface area contributed by atoms with Crippen LogP contribution in [0.3, 0.4) is 0 Å².